The van der Waals surface area contributed by atoms with Crippen LogP contribution in [0.4, 0.5) is 5.69 Å². The number of anilines is 1. The molecule has 160 valence electrons. The smallest absolute Gasteiger partial charge is 0.261 e. The molecule has 8 heteroatoms. The van der Waals surface area contributed by atoms with Gasteiger partial charge in [0.05, 0.1) is 10.6 Å². The molecule has 0 fully saturated rings. The fourth-order valence-electron chi connectivity index (χ4n) is 3.27. The van der Waals surface area contributed by atoms with E-state index in [9.17, 15) is 13.2 Å². The molecule has 0 aromatic heterocycles. The van der Waals surface area contributed by atoms with Crippen molar-refractivity contribution < 1.29 is 22.7 Å². The highest BCUT2D eigenvalue weighted by molar-refractivity contribution is 7.92. The average Bonchev–Trinajstić information content (AvgIpc) is 3.23. The molecular formula is C23H22N2O5S. The number of carbonyl (C=O) groups is 1. The van der Waals surface area contributed by atoms with Gasteiger partial charge in [0.25, 0.3) is 15.9 Å². The Bertz CT molecular complexity index is 1220. The van der Waals surface area contributed by atoms with Crippen molar-refractivity contribution in [3.8, 4) is 11.5 Å². The Hall–Kier alpha value is -3.52. The minimum atomic E-state index is -3.75. The Balaban J connectivity index is 1.45. The molecule has 1 aliphatic rings. The molecule has 3 aromatic rings. The van der Waals surface area contributed by atoms with E-state index in [1.165, 1.54) is 24.3 Å². The van der Waals surface area contributed by atoms with Gasteiger partial charge in [-0.1, -0.05) is 24.3 Å². The number of nitrogens with zero attached hydrogens (tertiary/aromatic N) is 1. The van der Waals surface area contributed by atoms with Crippen LogP contribution < -0.4 is 14.2 Å². The van der Waals surface area contributed by atoms with E-state index in [4.69, 9.17) is 9.47 Å². The standard InChI is InChI=1S/C23H22N2O5S/c1-16-5-3-4-6-20(16)24-31(27,28)19-10-8-18(9-11-19)23(26)25(2)14-17-7-12-21-22(13-17)30-15-29-21/h3-13,24H,14-15H2,1-2H3. The maximum atomic E-state index is 12.8. The van der Waals surface area contributed by atoms with Gasteiger partial charge in [0, 0.05) is 19.2 Å². The molecule has 4 rings (SSSR count). The third-order valence-corrected chi connectivity index (χ3v) is 6.39. The van der Waals surface area contributed by atoms with Gasteiger partial charge in [0.1, 0.15) is 0 Å². The fourth-order valence-corrected chi connectivity index (χ4v) is 4.40. The summed E-state index contributed by atoms with van der Waals surface area (Å²) in [6, 6.07) is 18.6. The number of hydrogen-bond acceptors (Lipinski definition) is 5. The highest BCUT2D eigenvalue weighted by atomic mass is 32.2. The first-order chi connectivity index (χ1) is 14.8. The van der Waals surface area contributed by atoms with Gasteiger partial charge in [0.2, 0.25) is 6.79 Å². The summed E-state index contributed by atoms with van der Waals surface area (Å²) in [5.74, 6) is 1.14. The summed E-state index contributed by atoms with van der Waals surface area (Å²) < 4.78 is 38.6. The molecule has 0 radical (unpaired) electrons. The first kappa shape index (κ1) is 20.7. The largest absolute Gasteiger partial charge is 0.454 e. The van der Waals surface area contributed by atoms with Crippen molar-refractivity contribution in [2.24, 2.45) is 0 Å². The number of nitrogens with one attached hydrogen (secondary N) is 1. The molecule has 0 saturated carbocycles. The van der Waals surface area contributed by atoms with Crippen molar-refractivity contribution in [1.82, 2.24) is 4.90 Å². The van der Waals surface area contributed by atoms with Gasteiger partial charge in [0.15, 0.2) is 11.5 Å². The van der Waals surface area contributed by atoms with Crippen molar-refractivity contribution in [3.63, 3.8) is 0 Å². The molecular weight excluding hydrogens is 416 g/mol. The van der Waals surface area contributed by atoms with Crippen LogP contribution in [0, 0.1) is 6.92 Å². The Morgan fingerprint density at radius 3 is 2.45 bits per heavy atom. The van der Waals surface area contributed by atoms with Crippen LogP contribution in [0.2, 0.25) is 0 Å². The number of ether oxygens (including phenoxy) is 2. The molecule has 7 nitrogen and oxygen atoms in total. The molecule has 1 N–H and O–H groups in total. The van der Waals surface area contributed by atoms with Crippen molar-refractivity contribution in [2.75, 3.05) is 18.6 Å². The zero-order valence-corrected chi connectivity index (χ0v) is 18.0. The second-order valence-electron chi connectivity index (χ2n) is 7.29. The summed E-state index contributed by atoms with van der Waals surface area (Å²) >= 11 is 0. The van der Waals surface area contributed by atoms with E-state index in [1.54, 1.807) is 24.1 Å². The van der Waals surface area contributed by atoms with Gasteiger partial charge in [-0.25, -0.2) is 8.42 Å². The quantitative estimate of drug-likeness (QED) is 0.633. The van der Waals surface area contributed by atoms with E-state index < -0.39 is 10.0 Å². The lowest BCUT2D eigenvalue weighted by Crippen LogP contribution is -2.26. The van der Waals surface area contributed by atoms with Crippen LogP contribution in [-0.4, -0.2) is 33.1 Å². The SMILES string of the molecule is Cc1ccccc1NS(=O)(=O)c1ccc(C(=O)N(C)Cc2ccc3c(c2)OCO3)cc1. The number of amides is 1. The average molecular weight is 439 g/mol. The van der Waals surface area contributed by atoms with Crippen LogP contribution in [0.15, 0.2) is 71.6 Å². The third kappa shape index (κ3) is 4.49. The highest BCUT2D eigenvalue weighted by Crippen LogP contribution is 2.32. The van der Waals surface area contributed by atoms with Gasteiger partial charge >= 0.3 is 0 Å². The Kier molecular flexibility index (Phi) is 5.56. The van der Waals surface area contributed by atoms with E-state index in [0.29, 0.717) is 29.3 Å². The number of para-hydroxylation sites is 1. The zero-order chi connectivity index (χ0) is 22.0. The van der Waals surface area contributed by atoms with Gasteiger partial charge < -0.3 is 14.4 Å². The maximum absolute atomic E-state index is 12.8. The summed E-state index contributed by atoms with van der Waals surface area (Å²) in [6.07, 6.45) is 0. The molecule has 1 amide bonds. The summed E-state index contributed by atoms with van der Waals surface area (Å²) in [5.41, 5.74) is 2.65. The summed E-state index contributed by atoms with van der Waals surface area (Å²) in [5, 5.41) is 0. The lowest BCUT2D eigenvalue weighted by atomic mass is 10.1. The molecule has 0 aliphatic carbocycles. The van der Waals surface area contributed by atoms with Crippen LogP contribution in [-0.2, 0) is 16.6 Å². The van der Waals surface area contributed by atoms with Crippen molar-refractivity contribution in [3.05, 3.63) is 83.4 Å². The zero-order valence-electron chi connectivity index (χ0n) is 17.2. The molecule has 0 saturated heterocycles. The lowest BCUT2D eigenvalue weighted by Gasteiger charge is -2.18. The molecule has 0 unspecified atom stereocenters. The summed E-state index contributed by atoms with van der Waals surface area (Å²) in [4.78, 5) is 14.4. The van der Waals surface area contributed by atoms with E-state index in [0.717, 1.165) is 11.1 Å². The van der Waals surface area contributed by atoms with Crippen molar-refractivity contribution >= 4 is 21.6 Å². The molecule has 3 aromatic carbocycles. The minimum absolute atomic E-state index is 0.0886. The van der Waals surface area contributed by atoms with E-state index in [2.05, 4.69) is 4.72 Å². The van der Waals surface area contributed by atoms with Crippen LogP contribution in [0.25, 0.3) is 0 Å². The van der Waals surface area contributed by atoms with Crippen LogP contribution in [0.5, 0.6) is 11.5 Å². The number of fused-ring (bicyclic) bond motifs is 1. The van der Waals surface area contributed by atoms with Gasteiger partial charge in [-0.15, -0.1) is 0 Å². The predicted molar refractivity (Wildman–Crippen MR) is 117 cm³/mol. The van der Waals surface area contributed by atoms with Gasteiger partial charge in [-0.05, 0) is 60.5 Å². The third-order valence-electron chi connectivity index (χ3n) is 5.00. The number of benzene rings is 3. The number of aryl methyl sites for hydroxylation is 1. The number of carbonyl (C=O) groups excluding carboxylic acids is 1. The number of sulfonamides is 1. The van der Waals surface area contributed by atoms with Crippen LogP contribution in [0.1, 0.15) is 21.5 Å². The summed E-state index contributed by atoms with van der Waals surface area (Å²) in [6.45, 7) is 2.40. The molecule has 0 spiro atoms. The molecule has 0 bridgehead atoms. The molecule has 0 atom stereocenters. The maximum Gasteiger partial charge on any atom is 0.261 e. The minimum Gasteiger partial charge on any atom is -0.454 e. The number of hydrogen-bond donors (Lipinski definition) is 1. The Morgan fingerprint density at radius 1 is 1.00 bits per heavy atom. The van der Waals surface area contributed by atoms with Crippen LogP contribution >= 0.6 is 0 Å². The topological polar surface area (TPSA) is 84.9 Å². The lowest BCUT2D eigenvalue weighted by molar-refractivity contribution is 0.0785. The fraction of sp³-hybridized carbons (Fsp3) is 0.174. The van der Waals surface area contributed by atoms with E-state index in [-0.39, 0.29) is 17.6 Å². The first-order valence-electron chi connectivity index (χ1n) is 9.66. The van der Waals surface area contributed by atoms with E-state index in [1.807, 2.05) is 37.3 Å². The normalized spacial score (nSPS) is 12.5. The Morgan fingerprint density at radius 2 is 1.71 bits per heavy atom. The molecule has 31 heavy (non-hydrogen) atoms. The van der Waals surface area contributed by atoms with Crippen molar-refractivity contribution in [2.45, 2.75) is 18.4 Å². The second-order valence-corrected chi connectivity index (χ2v) is 8.98. The first-order valence-corrected chi connectivity index (χ1v) is 11.1. The monoisotopic (exact) mass is 438 g/mol. The van der Waals surface area contributed by atoms with Gasteiger partial charge in [-0.2, -0.15) is 0 Å². The number of rotatable bonds is 6. The van der Waals surface area contributed by atoms with Crippen LogP contribution in [0.3, 0.4) is 0 Å². The second kappa shape index (κ2) is 8.31. The van der Waals surface area contributed by atoms with E-state index >= 15 is 0 Å². The highest BCUT2D eigenvalue weighted by Gasteiger charge is 2.19. The Labute approximate surface area is 181 Å². The van der Waals surface area contributed by atoms with Crippen molar-refractivity contribution in [1.29, 1.82) is 0 Å². The summed E-state index contributed by atoms with van der Waals surface area (Å²) in [7, 11) is -2.06. The molecule has 1 aliphatic heterocycles. The predicted octanol–water partition coefficient (Wildman–Crippen LogP) is 3.80. The molecule has 1 heterocycles. The van der Waals surface area contributed by atoms with Gasteiger partial charge in [-0.3, -0.25) is 9.52 Å².